The number of amides is 1. The number of carbonyl (C=O) groups is 1. The predicted octanol–water partition coefficient (Wildman–Crippen LogP) is 0.122. The van der Waals surface area contributed by atoms with Crippen molar-refractivity contribution in [3.63, 3.8) is 0 Å². The Kier molecular flexibility index (Phi) is 3.08. The average molecular weight is 197 g/mol. The van der Waals surface area contributed by atoms with Crippen LogP contribution in [0.25, 0.3) is 0 Å². The van der Waals surface area contributed by atoms with Gasteiger partial charge in [-0.05, 0) is 19.9 Å². The summed E-state index contributed by atoms with van der Waals surface area (Å²) in [5, 5.41) is 9.67. The van der Waals surface area contributed by atoms with Crippen LogP contribution in [0.5, 0.6) is 0 Å². The van der Waals surface area contributed by atoms with E-state index in [1.165, 1.54) is 12.2 Å². The third-order valence-corrected chi connectivity index (χ3v) is 2.00. The minimum atomic E-state index is -1.41. The van der Waals surface area contributed by atoms with Crippen molar-refractivity contribution in [3.05, 3.63) is 24.3 Å². The van der Waals surface area contributed by atoms with Gasteiger partial charge in [-0.3, -0.25) is 4.79 Å². The summed E-state index contributed by atoms with van der Waals surface area (Å²) in [6.45, 7) is 3.56. The Hall–Kier alpha value is -1.13. The van der Waals surface area contributed by atoms with Gasteiger partial charge in [0.25, 0.3) is 5.91 Å². The molecule has 4 nitrogen and oxygen atoms in total. The number of carbonyl (C=O) groups excluding carboxylic acids is 1. The number of ether oxygens (including phenoxy) is 1. The highest BCUT2D eigenvalue weighted by atomic mass is 16.5. The second-order valence-corrected chi connectivity index (χ2v) is 3.51. The van der Waals surface area contributed by atoms with E-state index < -0.39 is 17.6 Å². The maximum atomic E-state index is 11.3. The van der Waals surface area contributed by atoms with Gasteiger partial charge in [0.15, 0.2) is 5.60 Å². The van der Waals surface area contributed by atoms with Crippen molar-refractivity contribution in [3.8, 4) is 0 Å². The largest absolute Gasteiger partial charge is 0.385 e. The number of aliphatic hydroxyl groups excluding tert-OH is 1. The quantitative estimate of drug-likeness (QED) is 0.675. The zero-order chi connectivity index (χ0) is 10.8. The monoisotopic (exact) mass is 197 g/mol. The van der Waals surface area contributed by atoms with Crippen molar-refractivity contribution < 1.29 is 14.6 Å². The van der Waals surface area contributed by atoms with E-state index in [1.54, 1.807) is 26.0 Å². The molecule has 78 valence electrons. The lowest BCUT2D eigenvalue weighted by atomic mass is 9.91. The van der Waals surface area contributed by atoms with Gasteiger partial charge in [0, 0.05) is 0 Å². The fourth-order valence-corrected chi connectivity index (χ4v) is 1.39. The predicted molar refractivity (Wildman–Crippen MR) is 52.4 cm³/mol. The summed E-state index contributed by atoms with van der Waals surface area (Å²) in [7, 11) is 0. The molecule has 0 aromatic carbocycles. The maximum Gasteiger partial charge on any atom is 0.256 e. The first-order valence-electron chi connectivity index (χ1n) is 4.51. The lowest BCUT2D eigenvalue weighted by Crippen LogP contribution is -2.54. The molecule has 0 aromatic heterocycles. The van der Waals surface area contributed by atoms with Crippen LogP contribution in [0.2, 0.25) is 0 Å². The second-order valence-electron chi connectivity index (χ2n) is 3.51. The van der Waals surface area contributed by atoms with Crippen molar-refractivity contribution in [2.75, 3.05) is 0 Å². The normalized spacial score (nSPS) is 31.0. The lowest BCUT2D eigenvalue weighted by molar-refractivity contribution is -0.154. The van der Waals surface area contributed by atoms with E-state index in [0.29, 0.717) is 0 Å². The molecule has 0 aliphatic heterocycles. The molecule has 0 saturated heterocycles. The Morgan fingerprint density at radius 3 is 2.64 bits per heavy atom. The SMILES string of the molecule is CC(C)OC1(C(N)=O)C=CC=CC1O. The molecule has 0 fully saturated rings. The van der Waals surface area contributed by atoms with Crippen molar-refractivity contribution >= 4 is 5.91 Å². The van der Waals surface area contributed by atoms with E-state index in [9.17, 15) is 9.90 Å². The molecule has 3 N–H and O–H groups in total. The molecule has 1 aliphatic carbocycles. The molecule has 0 aromatic rings. The minimum absolute atomic E-state index is 0.187. The standard InChI is InChI=1S/C10H15NO3/c1-7(2)14-10(9(11)13)6-4-3-5-8(10)12/h3-8,12H,1-2H3,(H2,11,13). The zero-order valence-corrected chi connectivity index (χ0v) is 8.31. The lowest BCUT2D eigenvalue weighted by Gasteiger charge is -2.34. The molecule has 4 heteroatoms. The molecule has 14 heavy (non-hydrogen) atoms. The van der Waals surface area contributed by atoms with Crippen LogP contribution in [0.4, 0.5) is 0 Å². The third-order valence-electron chi connectivity index (χ3n) is 2.00. The van der Waals surface area contributed by atoms with Crippen LogP contribution >= 0.6 is 0 Å². The fourth-order valence-electron chi connectivity index (χ4n) is 1.39. The van der Waals surface area contributed by atoms with Crippen molar-refractivity contribution in [1.29, 1.82) is 0 Å². The molecular formula is C10H15NO3. The van der Waals surface area contributed by atoms with Gasteiger partial charge in [-0.1, -0.05) is 18.2 Å². The summed E-state index contributed by atoms with van der Waals surface area (Å²) in [6, 6.07) is 0. The first-order valence-corrected chi connectivity index (χ1v) is 4.51. The first kappa shape index (κ1) is 10.9. The molecule has 0 radical (unpaired) electrons. The number of aliphatic hydroxyl groups is 1. The number of nitrogens with two attached hydrogens (primary N) is 1. The molecule has 0 saturated carbocycles. The van der Waals surface area contributed by atoms with Crippen LogP contribution in [-0.4, -0.2) is 28.8 Å². The average Bonchev–Trinajstić information content (AvgIpc) is 2.08. The van der Waals surface area contributed by atoms with Crippen molar-refractivity contribution in [1.82, 2.24) is 0 Å². The smallest absolute Gasteiger partial charge is 0.256 e. The maximum absolute atomic E-state index is 11.3. The molecular weight excluding hydrogens is 182 g/mol. The van der Waals surface area contributed by atoms with Gasteiger partial charge in [-0.15, -0.1) is 0 Å². The Bertz CT molecular complexity index is 283. The van der Waals surface area contributed by atoms with Gasteiger partial charge >= 0.3 is 0 Å². The number of primary amides is 1. The van der Waals surface area contributed by atoms with Crippen LogP contribution < -0.4 is 5.73 Å². The minimum Gasteiger partial charge on any atom is -0.385 e. The summed E-state index contributed by atoms with van der Waals surface area (Å²) >= 11 is 0. The van der Waals surface area contributed by atoms with E-state index in [2.05, 4.69) is 0 Å². The molecule has 1 rings (SSSR count). The van der Waals surface area contributed by atoms with Crippen LogP contribution in [0, 0.1) is 0 Å². The summed E-state index contributed by atoms with van der Waals surface area (Å²) in [6.07, 6.45) is 5.04. The van der Waals surface area contributed by atoms with E-state index in [1.807, 2.05) is 0 Å². The van der Waals surface area contributed by atoms with Gasteiger partial charge < -0.3 is 15.6 Å². The number of hydrogen-bond acceptors (Lipinski definition) is 3. The summed E-state index contributed by atoms with van der Waals surface area (Å²) < 4.78 is 5.39. The topological polar surface area (TPSA) is 72.5 Å². The van der Waals surface area contributed by atoms with Crippen LogP contribution in [-0.2, 0) is 9.53 Å². The Morgan fingerprint density at radius 2 is 2.21 bits per heavy atom. The summed E-state index contributed by atoms with van der Waals surface area (Å²) in [5.41, 5.74) is 3.82. The highest BCUT2D eigenvalue weighted by Crippen LogP contribution is 2.24. The molecule has 1 aliphatic rings. The molecule has 2 unspecified atom stereocenters. The molecule has 1 amide bonds. The molecule has 0 heterocycles. The van der Waals surface area contributed by atoms with Gasteiger partial charge in [-0.2, -0.15) is 0 Å². The second kappa shape index (κ2) is 3.94. The summed E-state index contributed by atoms with van der Waals surface area (Å²) in [4.78, 5) is 11.3. The van der Waals surface area contributed by atoms with Crippen molar-refractivity contribution in [2.45, 2.75) is 31.7 Å². The molecule has 0 spiro atoms. The Balaban J connectivity index is 2.98. The van der Waals surface area contributed by atoms with Crippen LogP contribution in [0.3, 0.4) is 0 Å². The van der Waals surface area contributed by atoms with Gasteiger partial charge in [0.05, 0.1) is 6.10 Å². The van der Waals surface area contributed by atoms with E-state index in [-0.39, 0.29) is 6.10 Å². The fraction of sp³-hybridized carbons (Fsp3) is 0.500. The molecule has 2 atom stereocenters. The van der Waals surface area contributed by atoms with Gasteiger partial charge in [0.1, 0.15) is 6.10 Å². The first-order chi connectivity index (χ1) is 6.49. The van der Waals surface area contributed by atoms with Crippen LogP contribution in [0.1, 0.15) is 13.8 Å². The number of rotatable bonds is 3. The van der Waals surface area contributed by atoms with Crippen LogP contribution in [0.15, 0.2) is 24.3 Å². The third kappa shape index (κ3) is 1.86. The van der Waals surface area contributed by atoms with E-state index in [0.717, 1.165) is 0 Å². The van der Waals surface area contributed by atoms with Gasteiger partial charge in [-0.25, -0.2) is 0 Å². The highest BCUT2D eigenvalue weighted by molar-refractivity contribution is 5.87. The Labute approximate surface area is 83.0 Å². The number of allylic oxidation sites excluding steroid dienone is 2. The van der Waals surface area contributed by atoms with E-state index >= 15 is 0 Å². The zero-order valence-electron chi connectivity index (χ0n) is 8.31. The van der Waals surface area contributed by atoms with E-state index in [4.69, 9.17) is 10.5 Å². The highest BCUT2D eigenvalue weighted by Gasteiger charge is 2.43. The summed E-state index contributed by atoms with van der Waals surface area (Å²) in [5.74, 6) is -0.681. The van der Waals surface area contributed by atoms with Gasteiger partial charge in [0.2, 0.25) is 0 Å². The molecule has 0 bridgehead atoms. The Morgan fingerprint density at radius 1 is 1.57 bits per heavy atom. The van der Waals surface area contributed by atoms with Crippen molar-refractivity contribution in [2.24, 2.45) is 5.73 Å². The number of hydrogen-bond donors (Lipinski definition) is 2.